The third-order valence-electron chi connectivity index (χ3n) is 5.46. The number of carbonyl (C=O) groups is 1. The summed E-state index contributed by atoms with van der Waals surface area (Å²) in [7, 11) is 0. The maximum atomic E-state index is 12.6. The molecule has 2 fully saturated rings. The van der Waals surface area contributed by atoms with Gasteiger partial charge in [-0.2, -0.15) is 0 Å². The van der Waals surface area contributed by atoms with Crippen LogP contribution in [0.4, 0.5) is 5.69 Å². The average Bonchev–Trinajstić information content (AvgIpc) is 2.79. The van der Waals surface area contributed by atoms with Crippen molar-refractivity contribution in [3.05, 3.63) is 65.2 Å². The summed E-state index contributed by atoms with van der Waals surface area (Å²) >= 11 is 0. The summed E-state index contributed by atoms with van der Waals surface area (Å²) in [4.78, 5) is 17.3. The number of anilines is 1. The van der Waals surface area contributed by atoms with Gasteiger partial charge in [-0.1, -0.05) is 24.3 Å². The smallest absolute Gasteiger partial charge is 0.251 e. The summed E-state index contributed by atoms with van der Waals surface area (Å²) in [5, 5.41) is 3.04. The molecular weight excluding hydrogens is 366 g/mol. The normalized spacial score (nSPS) is 17.9. The van der Waals surface area contributed by atoms with Crippen molar-refractivity contribution in [2.75, 3.05) is 57.5 Å². The first-order valence-corrected chi connectivity index (χ1v) is 10.4. The number of hydrogen-bond donors (Lipinski definition) is 1. The van der Waals surface area contributed by atoms with E-state index in [1.807, 2.05) is 18.2 Å². The Morgan fingerprint density at radius 3 is 2.28 bits per heavy atom. The summed E-state index contributed by atoms with van der Waals surface area (Å²) in [6, 6.07) is 16.3. The minimum atomic E-state index is -0.0360. The third kappa shape index (κ3) is 5.56. The van der Waals surface area contributed by atoms with E-state index in [2.05, 4.69) is 45.4 Å². The van der Waals surface area contributed by atoms with Crippen molar-refractivity contribution >= 4 is 11.6 Å². The summed E-state index contributed by atoms with van der Waals surface area (Å²) in [5.74, 6) is -0.0360. The van der Waals surface area contributed by atoms with Gasteiger partial charge in [0, 0.05) is 50.5 Å². The molecule has 0 spiro atoms. The van der Waals surface area contributed by atoms with E-state index in [0.29, 0.717) is 12.1 Å². The highest BCUT2D eigenvalue weighted by atomic mass is 16.5. The Morgan fingerprint density at radius 2 is 1.55 bits per heavy atom. The van der Waals surface area contributed by atoms with E-state index in [1.54, 1.807) is 0 Å². The molecule has 0 atom stereocenters. The van der Waals surface area contributed by atoms with Crippen LogP contribution < -0.4 is 10.2 Å². The zero-order valence-corrected chi connectivity index (χ0v) is 16.8. The Kier molecular flexibility index (Phi) is 6.77. The molecule has 6 nitrogen and oxygen atoms in total. The molecule has 0 aromatic heterocycles. The molecule has 2 aliphatic rings. The molecule has 0 aliphatic carbocycles. The second-order valence-electron chi connectivity index (χ2n) is 7.54. The van der Waals surface area contributed by atoms with Crippen LogP contribution in [0.1, 0.15) is 21.5 Å². The Hall–Kier alpha value is -2.41. The first kappa shape index (κ1) is 19.9. The molecule has 1 amide bonds. The largest absolute Gasteiger partial charge is 0.379 e. The molecule has 2 aromatic rings. The van der Waals surface area contributed by atoms with Gasteiger partial charge in [-0.05, 0) is 35.4 Å². The standard InChI is InChI=1S/C23H29N3O3/c27-23(21-3-1-2-20(16-21)18-25-8-12-28-13-9-25)24-17-19-4-6-22(7-5-19)26-10-14-29-15-11-26/h1-7,16H,8-15,17-18H2,(H,24,27). The van der Waals surface area contributed by atoms with Gasteiger partial charge in [0.25, 0.3) is 5.91 Å². The van der Waals surface area contributed by atoms with E-state index in [1.165, 1.54) is 5.69 Å². The van der Waals surface area contributed by atoms with Gasteiger partial charge in [-0.15, -0.1) is 0 Å². The Labute approximate surface area is 172 Å². The number of carbonyl (C=O) groups excluding carboxylic acids is 1. The lowest BCUT2D eigenvalue weighted by Crippen LogP contribution is -2.36. The van der Waals surface area contributed by atoms with E-state index >= 15 is 0 Å². The SMILES string of the molecule is O=C(NCc1ccc(N2CCOCC2)cc1)c1cccc(CN2CCOCC2)c1. The van der Waals surface area contributed by atoms with Crippen LogP contribution in [0.2, 0.25) is 0 Å². The maximum absolute atomic E-state index is 12.6. The lowest BCUT2D eigenvalue weighted by molar-refractivity contribution is 0.0342. The average molecular weight is 396 g/mol. The van der Waals surface area contributed by atoms with Gasteiger partial charge < -0.3 is 19.7 Å². The lowest BCUT2D eigenvalue weighted by atomic mass is 10.1. The molecule has 1 N–H and O–H groups in total. The number of morpholine rings is 2. The number of amides is 1. The zero-order valence-electron chi connectivity index (χ0n) is 16.8. The van der Waals surface area contributed by atoms with Crippen molar-refractivity contribution in [2.24, 2.45) is 0 Å². The Balaban J connectivity index is 1.30. The molecule has 4 rings (SSSR count). The fourth-order valence-corrected chi connectivity index (χ4v) is 3.76. The van der Waals surface area contributed by atoms with E-state index in [9.17, 15) is 4.79 Å². The molecule has 6 heteroatoms. The quantitative estimate of drug-likeness (QED) is 0.813. The van der Waals surface area contributed by atoms with Gasteiger partial charge in [0.1, 0.15) is 0 Å². The van der Waals surface area contributed by atoms with Gasteiger partial charge in [0.05, 0.1) is 26.4 Å². The fourth-order valence-electron chi connectivity index (χ4n) is 3.76. The molecule has 154 valence electrons. The van der Waals surface area contributed by atoms with Crippen molar-refractivity contribution in [1.82, 2.24) is 10.2 Å². The Morgan fingerprint density at radius 1 is 0.862 bits per heavy atom. The molecular formula is C23H29N3O3. The fraction of sp³-hybridized carbons (Fsp3) is 0.435. The van der Waals surface area contributed by atoms with Crippen molar-refractivity contribution in [2.45, 2.75) is 13.1 Å². The van der Waals surface area contributed by atoms with Crippen molar-refractivity contribution < 1.29 is 14.3 Å². The lowest BCUT2D eigenvalue weighted by Gasteiger charge is -2.28. The monoisotopic (exact) mass is 395 g/mol. The number of hydrogen-bond acceptors (Lipinski definition) is 5. The highest BCUT2D eigenvalue weighted by Gasteiger charge is 2.13. The maximum Gasteiger partial charge on any atom is 0.251 e. The summed E-state index contributed by atoms with van der Waals surface area (Å²) in [6.07, 6.45) is 0. The molecule has 0 radical (unpaired) electrons. The van der Waals surface area contributed by atoms with Crippen LogP contribution in [-0.4, -0.2) is 63.4 Å². The van der Waals surface area contributed by atoms with Crippen LogP contribution in [0.25, 0.3) is 0 Å². The number of rotatable bonds is 6. The van der Waals surface area contributed by atoms with Crippen LogP contribution in [0.3, 0.4) is 0 Å². The number of nitrogens with one attached hydrogen (secondary N) is 1. The predicted octanol–water partition coefficient (Wildman–Crippen LogP) is 2.29. The van der Waals surface area contributed by atoms with E-state index < -0.39 is 0 Å². The minimum absolute atomic E-state index is 0.0360. The molecule has 29 heavy (non-hydrogen) atoms. The highest BCUT2D eigenvalue weighted by Crippen LogP contribution is 2.17. The molecule has 2 heterocycles. The summed E-state index contributed by atoms with van der Waals surface area (Å²) in [6.45, 7) is 8.24. The van der Waals surface area contributed by atoms with Gasteiger partial charge >= 0.3 is 0 Å². The van der Waals surface area contributed by atoms with Gasteiger partial charge in [0.2, 0.25) is 0 Å². The topological polar surface area (TPSA) is 54.0 Å². The van der Waals surface area contributed by atoms with Crippen molar-refractivity contribution in [1.29, 1.82) is 0 Å². The number of nitrogens with zero attached hydrogens (tertiary/aromatic N) is 2. The van der Waals surface area contributed by atoms with Crippen LogP contribution in [0.15, 0.2) is 48.5 Å². The zero-order chi connectivity index (χ0) is 19.9. The molecule has 0 bridgehead atoms. The van der Waals surface area contributed by atoms with E-state index in [0.717, 1.165) is 70.3 Å². The van der Waals surface area contributed by atoms with Crippen LogP contribution >= 0.6 is 0 Å². The van der Waals surface area contributed by atoms with Crippen LogP contribution in [-0.2, 0) is 22.6 Å². The van der Waals surface area contributed by atoms with Crippen molar-refractivity contribution in [3.63, 3.8) is 0 Å². The van der Waals surface area contributed by atoms with Gasteiger partial charge in [-0.25, -0.2) is 0 Å². The Bertz CT molecular complexity index is 797. The van der Waals surface area contributed by atoms with Gasteiger partial charge in [0.15, 0.2) is 0 Å². The third-order valence-corrected chi connectivity index (χ3v) is 5.46. The molecule has 0 saturated carbocycles. The van der Waals surface area contributed by atoms with E-state index in [4.69, 9.17) is 9.47 Å². The second-order valence-corrected chi connectivity index (χ2v) is 7.54. The highest BCUT2D eigenvalue weighted by molar-refractivity contribution is 5.94. The van der Waals surface area contributed by atoms with Gasteiger partial charge in [-0.3, -0.25) is 9.69 Å². The minimum Gasteiger partial charge on any atom is -0.379 e. The van der Waals surface area contributed by atoms with E-state index in [-0.39, 0.29) is 5.91 Å². The summed E-state index contributed by atoms with van der Waals surface area (Å²) < 4.78 is 10.8. The van der Waals surface area contributed by atoms with Crippen LogP contribution in [0, 0.1) is 0 Å². The second kappa shape index (κ2) is 9.87. The first-order chi connectivity index (χ1) is 14.3. The summed E-state index contributed by atoms with van der Waals surface area (Å²) in [5.41, 5.74) is 4.18. The van der Waals surface area contributed by atoms with Crippen LogP contribution in [0.5, 0.6) is 0 Å². The number of ether oxygens (including phenoxy) is 2. The molecule has 2 aromatic carbocycles. The molecule has 2 saturated heterocycles. The number of benzene rings is 2. The predicted molar refractivity (Wildman–Crippen MR) is 113 cm³/mol. The van der Waals surface area contributed by atoms with Crippen molar-refractivity contribution in [3.8, 4) is 0 Å². The molecule has 0 unspecified atom stereocenters. The molecule has 2 aliphatic heterocycles. The first-order valence-electron chi connectivity index (χ1n) is 10.4.